The standard InChI is InChI=1S/C15H16FN/c1-11(2)9-15-8-5-13(10-17-15)12-3-6-14(16)7-4-12/h3-8,10-11H,9H2,1-2H3. The summed E-state index contributed by atoms with van der Waals surface area (Å²) in [6.07, 6.45) is 2.84. The smallest absolute Gasteiger partial charge is 0.123 e. The van der Waals surface area contributed by atoms with Gasteiger partial charge in [0.15, 0.2) is 0 Å². The molecule has 0 bridgehead atoms. The first-order chi connectivity index (χ1) is 8.15. The maximum atomic E-state index is 12.8. The van der Waals surface area contributed by atoms with E-state index in [1.54, 1.807) is 12.1 Å². The van der Waals surface area contributed by atoms with Crippen LogP contribution in [0.5, 0.6) is 0 Å². The first kappa shape index (κ1) is 11.8. The fourth-order valence-corrected chi connectivity index (χ4v) is 1.78. The molecule has 0 fully saturated rings. The Morgan fingerprint density at radius 2 is 1.65 bits per heavy atom. The van der Waals surface area contributed by atoms with Gasteiger partial charge in [-0.05, 0) is 36.1 Å². The Balaban J connectivity index is 2.20. The van der Waals surface area contributed by atoms with Crippen LogP contribution >= 0.6 is 0 Å². The van der Waals surface area contributed by atoms with Gasteiger partial charge in [0.05, 0.1) is 0 Å². The second-order valence-corrected chi connectivity index (χ2v) is 4.64. The van der Waals surface area contributed by atoms with Gasteiger partial charge in [-0.1, -0.05) is 32.0 Å². The van der Waals surface area contributed by atoms with E-state index in [0.717, 1.165) is 23.2 Å². The van der Waals surface area contributed by atoms with Crippen molar-refractivity contribution in [3.63, 3.8) is 0 Å². The Bertz CT molecular complexity index is 471. The minimum Gasteiger partial charge on any atom is -0.261 e. The highest BCUT2D eigenvalue weighted by atomic mass is 19.1. The monoisotopic (exact) mass is 229 g/mol. The lowest BCUT2D eigenvalue weighted by molar-refractivity contribution is 0.628. The van der Waals surface area contributed by atoms with Crippen LogP contribution in [0.2, 0.25) is 0 Å². The van der Waals surface area contributed by atoms with Gasteiger partial charge < -0.3 is 0 Å². The van der Waals surface area contributed by atoms with E-state index in [2.05, 4.69) is 18.8 Å². The number of nitrogens with zero attached hydrogens (tertiary/aromatic N) is 1. The summed E-state index contributed by atoms with van der Waals surface area (Å²) in [5, 5.41) is 0. The van der Waals surface area contributed by atoms with Crippen LogP contribution in [-0.4, -0.2) is 4.98 Å². The highest BCUT2D eigenvalue weighted by molar-refractivity contribution is 5.62. The topological polar surface area (TPSA) is 12.9 Å². The van der Waals surface area contributed by atoms with Gasteiger partial charge in [0.2, 0.25) is 0 Å². The molecule has 1 aromatic carbocycles. The summed E-state index contributed by atoms with van der Waals surface area (Å²) in [6, 6.07) is 10.6. The molecule has 1 heterocycles. The van der Waals surface area contributed by atoms with Crippen molar-refractivity contribution in [3.8, 4) is 11.1 Å². The van der Waals surface area contributed by atoms with Gasteiger partial charge in [0.25, 0.3) is 0 Å². The van der Waals surface area contributed by atoms with Crippen molar-refractivity contribution in [1.29, 1.82) is 0 Å². The summed E-state index contributed by atoms with van der Waals surface area (Å²) in [6.45, 7) is 4.35. The molecule has 2 rings (SSSR count). The van der Waals surface area contributed by atoms with E-state index >= 15 is 0 Å². The third-order valence-electron chi connectivity index (χ3n) is 2.62. The predicted molar refractivity (Wildman–Crippen MR) is 68.2 cm³/mol. The van der Waals surface area contributed by atoms with E-state index < -0.39 is 0 Å². The molecule has 0 saturated heterocycles. The van der Waals surface area contributed by atoms with Crippen LogP contribution in [0.1, 0.15) is 19.5 Å². The van der Waals surface area contributed by atoms with Gasteiger partial charge in [0.1, 0.15) is 5.82 Å². The molecule has 17 heavy (non-hydrogen) atoms. The Kier molecular flexibility index (Phi) is 3.52. The molecule has 88 valence electrons. The first-order valence-corrected chi connectivity index (χ1v) is 5.86. The zero-order valence-corrected chi connectivity index (χ0v) is 10.2. The van der Waals surface area contributed by atoms with Gasteiger partial charge >= 0.3 is 0 Å². The van der Waals surface area contributed by atoms with E-state index in [0.29, 0.717) is 5.92 Å². The highest BCUT2D eigenvalue weighted by Gasteiger charge is 2.01. The van der Waals surface area contributed by atoms with Crippen molar-refractivity contribution < 1.29 is 4.39 Å². The van der Waals surface area contributed by atoms with Crippen molar-refractivity contribution in [2.45, 2.75) is 20.3 Å². The number of aromatic nitrogens is 1. The van der Waals surface area contributed by atoms with Crippen molar-refractivity contribution in [2.24, 2.45) is 5.92 Å². The summed E-state index contributed by atoms with van der Waals surface area (Å²) in [5.74, 6) is 0.400. The zero-order chi connectivity index (χ0) is 12.3. The van der Waals surface area contributed by atoms with Gasteiger partial charge in [-0.2, -0.15) is 0 Å². The Morgan fingerprint density at radius 1 is 1.00 bits per heavy atom. The van der Waals surface area contributed by atoms with E-state index in [1.165, 1.54) is 12.1 Å². The van der Waals surface area contributed by atoms with Crippen molar-refractivity contribution in [2.75, 3.05) is 0 Å². The molecule has 0 aliphatic heterocycles. The number of benzene rings is 1. The molecule has 0 spiro atoms. The zero-order valence-electron chi connectivity index (χ0n) is 10.2. The van der Waals surface area contributed by atoms with Crippen LogP contribution in [-0.2, 0) is 6.42 Å². The summed E-state index contributed by atoms with van der Waals surface area (Å²) in [7, 11) is 0. The molecule has 0 unspecified atom stereocenters. The Labute approximate surface area is 101 Å². The minimum atomic E-state index is -0.210. The maximum Gasteiger partial charge on any atom is 0.123 e. The van der Waals surface area contributed by atoms with Crippen molar-refractivity contribution in [3.05, 3.63) is 54.1 Å². The van der Waals surface area contributed by atoms with Crippen LogP contribution in [0, 0.1) is 11.7 Å². The minimum absolute atomic E-state index is 0.210. The quantitative estimate of drug-likeness (QED) is 0.772. The largest absolute Gasteiger partial charge is 0.261 e. The molecule has 0 amide bonds. The maximum absolute atomic E-state index is 12.8. The van der Waals surface area contributed by atoms with Crippen molar-refractivity contribution >= 4 is 0 Å². The Hall–Kier alpha value is -1.70. The fourth-order valence-electron chi connectivity index (χ4n) is 1.78. The van der Waals surface area contributed by atoms with Crippen molar-refractivity contribution in [1.82, 2.24) is 4.98 Å². The molecular formula is C15H16FN. The molecule has 0 atom stereocenters. The molecule has 0 saturated carbocycles. The molecule has 0 radical (unpaired) electrons. The van der Waals surface area contributed by atoms with Gasteiger partial charge in [0, 0.05) is 17.5 Å². The summed E-state index contributed by atoms with van der Waals surface area (Å²) < 4.78 is 12.8. The Morgan fingerprint density at radius 3 is 2.18 bits per heavy atom. The average Bonchev–Trinajstić information content (AvgIpc) is 2.30. The summed E-state index contributed by atoms with van der Waals surface area (Å²) in [5.41, 5.74) is 3.12. The molecule has 2 heteroatoms. The number of pyridine rings is 1. The van der Waals surface area contributed by atoms with Crippen LogP contribution in [0.15, 0.2) is 42.6 Å². The number of halogens is 1. The van der Waals surface area contributed by atoms with Gasteiger partial charge in [-0.25, -0.2) is 4.39 Å². The molecule has 0 aliphatic rings. The number of rotatable bonds is 3. The molecule has 1 aromatic heterocycles. The summed E-state index contributed by atoms with van der Waals surface area (Å²) in [4.78, 5) is 4.42. The van der Waals surface area contributed by atoms with E-state index in [-0.39, 0.29) is 5.82 Å². The fraction of sp³-hybridized carbons (Fsp3) is 0.267. The highest BCUT2D eigenvalue weighted by Crippen LogP contribution is 2.19. The number of hydrogen-bond donors (Lipinski definition) is 0. The second kappa shape index (κ2) is 5.09. The van der Waals surface area contributed by atoms with Crippen LogP contribution in [0.3, 0.4) is 0 Å². The van der Waals surface area contributed by atoms with Crippen LogP contribution in [0.4, 0.5) is 4.39 Å². The number of hydrogen-bond acceptors (Lipinski definition) is 1. The molecular weight excluding hydrogens is 213 g/mol. The van der Waals surface area contributed by atoms with Crippen LogP contribution in [0.25, 0.3) is 11.1 Å². The van der Waals surface area contributed by atoms with Gasteiger partial charge in [-0.15, -0.1) is 0 Å². The second-order valence-electron chi connectivity index (χ2n) is 4.64. The SMILES string of the molecule is CC(C)Cc1ccc(-c2ccc(F)cc2)cn1. The predicted octanol–water partition coefficient (Wildman–Crippen LogP) is 4.09. The average molecular weight is 229 g/mol. The van der Waals surface area contributed by atoms with Crippen LogP contribution < -0.4 is 0 Å². The van der Waals surface area contributed by atoms with Gasteiger partial charge in [-0.3, -0.25) is 4.98 Å². The van der Waals surface area contributed by atoms with E-state index in [1.807, 2.05) is 18.3 Å². The summed E-state index contributed by atoms with van der Waals surface area (Å²) >= 11 is 0. The molecule has 1 nitrogen and oxygen atoms in total. The molecule has 0 N–H and O–H groups in total. The first-order valence-electron chi connectivity index (χ1n) is 5.86. The lowest BCUT2D eigenvalue weighted by atomic mass is 10.0. The molecule has 2 aromatic rings. The lowest BCUT2D eigenvalue weighted by Crippen LogP contribution is -1.96. The third kappa shape index (κ3) is 3.13. The third-order valence-corrected chi connectivity index (χ3v) is 2.62. The molecule has 0 aliphatic carbocycles. The normalized spacial score (nSPS) is 10.8. The van der Waals surface area contributed by atoms with E-state index in [4.69, 9.17) is 0 Å². The van der Waals surface area contributed by atoms with E-state index in [9.17, 15) is 4.39 Å². The lowest BCUT2D eigenvalue weighted by Gasteiger charge is -2.05.